The third kappa shape index (κ3) is 2.82. The number of rotatable bonds is 4. The van der Waals surface area contributed by atoms with Gasteiger partial charge in [0.2, 0.25) is 0 Å². The van der Waals surface area contributed by atoms with E-state index in [1.807, 2.05) is 35.0 Å². The second-order valence-corrected chi connectivity index (χ2v) is 6.84. The largest absolute Gasteiger partial charge is 0.497 e. The number of fused-ring (bicyclic) bond motifs is 1. The standard InChI is InChI=1S/C19H22N4O4/c1-27-11-4-2-10(3-5-11)12-7-23(19-16(12)18(20)21-9-22-19)14-6-15(25)13(8-24)17(14)26/h2-5,7,9,13-15,17,24-26H,6,8H2,1H3,(H2,20,21,22). The van der Waals surface area contributed by atoms with Crippen LogP contribution in [-0.2, 0) is 0 Å². The van der Waals surface area contributed by atoms with Crippen LogP contribution >= 0.6 is 0 Å². The Hall–Kier alpha value is -2.68. The third-order valence-corrected chi connectivity index (χ3v) is 5.42. The summed E-state index contributed by atoms with van der Waals surface area (Å²) in [7, 11) is 1.61. The van der Waals surface area contributed by atoms with Crippen molar-refractivity contribution in [3.05, 3.63) is 36.8 Å². The zero-order chi connectivity index (χ0) is 19.1. The van der Waals surface area contributed by atoms with Crippen LogP contribution in [0.15, 0.2) is 36.8 Å². The van der Waals surface area contributed by atoms with Crippen LogP contribution in [0.25, 0.3) is 22.2 Å². The maximum Gasteiger partial charge on any atom is 0.146 e. The van der Waals surface area contributed by atoms with Crippen LogP contribution in [0.3, 0.4) is 0 Å². The Morgan fingerprint density at radius 3 is 2.59 bits per heavy atom. The van der Waals surface area contributed by atoms with E-state index in [1.54, 1.807) is 7.11 Å². The molecule has 1 aliphatic rings. The van der Waals surface area contributed by atoms with Crippen molar-refractivity contribution >= 4 is 16.9 Å². The lowest BCUT2D eigenvalue weighted by atomic mass is 10.0. The predicted molar refractivity (Wildman–Crippen MR) is 100 cm³/mol. The second-order valence-electron chi connectivity index (χ2n) is 6.84. The Morgan fingerprint density at radius 1 is 1.22 bits per heavy atom. The topological polar surface area (TPSA) is 127 Å². The summed E-state index contributed by atoms with van der Waals surface area (Å²) in [4.78, 5) is 8.48. The summed E-state index contributed by atoms with van der Waals surface area (Å²) in [6.45, 7) is -0.277. The highest BCUT2D eigenvalue weighted by molar-refractivity contribution is 6.00. The molecule has 8 heteroatoms. The van der Waals surface area contributed by atoms with Crippen molar-refractivity contribution in [1.82, 2.24) is 14.5 Å². The van der Waals surface area contributed by atoms with E-state index >= 15 is 0 Å². The zero-order valence-electron chi connectivity index (χ0n) is 14.9. The maximum atomic E-state index is 10.6. The molecule has 2 heterocycles. The first-order chi connectivity index (χ1) is 13.0. The first-order valence-corrected chi connectivity index (χ1v) is 8.77. The molecule has 0 amide bonds. The molecule has 2 aromatic heterocycles. The van der Waals surface area contributed by atoms with E-state index in [2.05, 4.69) is 9.97 Å². The van der Waals surface area contributed by atoms with Gasteiger partial charge in [0.05, 0.1) is 37.4 Å². The molecule has 27 heavy (non-hydrogen) atoms. The van der Waals surface area contributed by atoms with Crippen molar-refractivity contribution in [3.63, 3.8) is 0 Å². The third-order valence-electron chi connectivity index (χ3n) is 5.42. The number of aliphatic hydroxyl groups excluding tert-OH is 3. The summed E-state index contributed by atoms with van der Waals surface area (Å²) in [6, 6.07) is 7.13. The fraction of sp³-hybridized carbons (Fsp3) is 0.368. The highest BCUT2D eigenvalue weighted by Crippen LogP contribution is 2.41. The van der Waals surface area contributed by atoms with Gasteiger partial charge in [-0.25, -0.2) is 9.97 Å². The number of anilines is 1. The van der Waals surface area contributed by atoms with Gasteiger partial charge in [0.1, 0.15) is 23.5 Å². The number of ether oxygens (including phenoxy) is 1. The summed E-state index contributed by atoms with van der Waals surface area (Å²) >= 11 is 0. The second kappa shape index (κ2) is 6.80. The van der Waals surface area contributed by atoms with E-state index in [9.17, 15) is 15.3 Å². The molecule has 4 unspecified atom stereocenters. The molecule has 4 rings (SSSR count). The molecule has 3 aromatic rings. The molecule has 0 saturated heterocycles. The van der Waals surface area contributed by atoms with Gasteiger partial charge in [0, 0.05) is 17.7 Å². The number of hydrogen-bond donors (Lipinski definition) is 4. The van der Waals surface area contributed by atoms with Crippen molar-refractivity contribution in [1.29, 1.82) is 0 Å². The van der Waals surface area contributed by atoms with E-state index < -0.39 is 24.2 Å². The first kappa shape index (κ1) is 17.7. The van der Waals surface area contributed by atoms with Crippen molar-refractivity contribution in [2.24, 2.45) is 5.92 Å². The fourth-order valence-electron chi connectivity index (χ4n) is 3.93. The Bertz CT molecular complexity index is 956. The lowest BCUT2D eigenvalue weighted by molar-refractivity contribution is 0.0214. The number of aliphatic hydroxyl groups is 3. The first-order valence-electron chi connectivity index (χ1n) is 8.77. The van der Waals surface area contributed by atoms with Crippen molar-refractivity contribution in [2.45, 2.75) is 24.7 Å². The van der Waals surface area contributed by atoms with E-state index in [0.29, 0.717) is 23.3 Å². The SMILES string of the molecule is COc1ccc(-c2cn(C3CC(O)C(CO)C3O)c3ncnc(N)c23)cc1. The molecule has 1 fully saturated rings. The molecule has 5 N–H and O–H groups in total. The van der Waals surface area contributed by atoms with E-state index in [-0.39, 0.29) is 6.61 Å². The summed E-state index contributed by atoms with van der Waals surface area (Å²) in [5, 5.41) is 31.0. The summed E-state index contributed by atoms with van der Waals surface area (Å²) in [6.07, 6.45) is 1.91. The molecule has 1 aromatic carbocycles. The number of hydrogen-bond acceptors (Lipinski definition) is 7. The highest BCUT2D eigenvalue weighted by Gasteiger charge is 2.42. The van der Waals surface area contributed by atoms with Gasteiger partial charge in [0.15, 0.2) is 0 Å². The minimum absolute atomic E-state index is 0.277. The van der Waals surface area contributed by atoms with Crippen LogP contribution in [0, 0.1) is 5.92 Å². The lowest BCUT2D eigenvalue weighted by Crippen LogP contribution is -2.29. The Balaban J connectivity index is 1.87. The van der Waals surface area contributed by atoms with Crippen LogP contribution in [0.1, 0.15) is 12.5 Å². The van der Waals surface area contributed by atoms with Gasteiger partial charge in [0.25, 0.3) is 0 Å². The van der Waals surface area contributed by atoms with Gasteiger partial charge >= 0.3 is 0 Å². The Morgan fingerprint density at radius 2 is 1.96 bits per heavy atom. The van der Waals surface area contributed by atoms with Crippen molar-refractivity contribution in [3.8, 4) is 16.9 Å². The van der Waals surface area contributed by atoms with Crippen LogP contribution in [0.2, 0.25) is 0 Å². The molecule has 0 spiro atoms. The quantitative estimate of drug-likeness (QED) is 0.539. The van der Waals surface area contributed by atoms with Gasteiger partial charge < -0.3 is 30.4 Å². The Kier molecular flexibility index (Phi) is 4.47. The molecule has 4 atom stereocenters. The predicted octanol–water partition coefficient (Wildman–Crippen LogP) is 0.964. The van der Waals surface area contributed by atoms with Crippen LogP contribution in [0.5, 0.6) is 5.75 Å². The molecular weight excluding hydrogens is 348 g/mol. The minimum atomic E-state index is -0.888. The molecule has 0 bridgehead atoms. The molecule has 1 saturated carbocycles. The average Bonchev–Trinajstić information content (AvgIpc) is 3.20. The number of nitrogens with two attached hydrogens (primary N) is 1. The van der Waals surface area contributed by atoms with Crippen LogP contribution in [-0.4, -0.2) is 55.8 Å². The van der Waals surface area contributed by atoms with Gasteiger partial charge in [-0.2, -0.15) is 0 Å². The molecule has 0 aliphatic heterocycles. The summed E-state index contributed by atoms with van der Waals surface area (Å²) in [5.74, 6) is 0.499. The van der Waals surface area contributed by atoms with Gasteiger partial charge in [-0.05, 0) is 24.1 Å². The molecule has 1 aliphatic carbocycles. The smallest absolute Gasteiger partial charge is 0.146 e. The molecule has 0 radical (unpaired) electrons. The normalized spacial score (nSPS) is 25.2. The van der Waals surface area contributed by atoms with Gasteiger partial charge in [-0.15, -0.1) is 0 Å². The number of nitrogen functional groups attached to an aromatic ring is 1. The highest BCUT2D eigenvalue weighted by atomic mass is 16.5. The molecule has 142 valence electrons. The average molecular weight is 370 g/mol. The summed E-state index contributed by atoms with van der Waals surface area (Å²) < 4.78 is 7.04. The van der Waals surface area contributed by atoms with Gasteiger partial charge in [-0.1, -0.05) is 12.1 Å². The monoisotopic (exact) mass is 370 g/mol. The van der Waals surface area contributed by atoms with E-state index in [0.717, 1.165) is 16.9 Å². The minimum Gasteiger partial charge on any atom is -0.497 e. The number of nitrogens with zero attached hydrogens (tertiary/aromatic N) is 3. The van der Waals surface area contributed by atoms with E-state index in [1.165, 1.54) is 6.33 Å². The van der Waals surface area contributed by atoms with Crippen LogP contribution in [0.4, 0.5) is 5.82 Å². The number of methoxy groups -OCH3 is 1. The Labute approximate surface area is 155 Å². The zero-order valence-corrected chi connectivity index (χ0v) is 14.9. The summed E-state index contributed by atoms with van der Waals surface area (Å²) in [5.41, 5.74) is 8.47. The number of aromatic nitrogens is 3. The van der Waals surface area contributed by atoms with Crippen LogP contribution < -0.4 is 10.5 Å². The van der Waals surface area contributed by atoms with Crippen molar-refractivity contribution in [2.75, 3.05) is 19.5 Å². The number of benzene rings is 1. The molecular formula is C19H22N4O4. The fourth-order valence-corrected chi connectivity index (χ4v) is 3.93. The van der Waals surface area contributed by atoms with Gasteiger partial charge in [-0.3, -0.25) is 0 Å². The molecule has 8 nitrogen and oxygen atoms in total. The maximum absolute atomic E-state index is 10.6. The lowest BCUT2D eigenvalue weighted by Gasteiger charge is -2.20. The van der Waals surface area contributed by atoms with Crippen molar-refractivity contribution < 1.29 is 20.1 Å². The van der Waals surface area contributed by atoms with E-state index in [4.69, 9.17) is 10.5 Å².